The number of rotatable bonds is 2. The van der Waals surface area contributed by atoms with E-state index in [0.29, 0.717) is 6.20 Å². The Labute approximate surface area is 150 Å². The summed E-state index contributed by atoms with van der Waals surface area (Å²) in [6.07, 6.45) is -2.75. The Bertz CT molecular complexity index is 919. The quantitative estimate of drug-likeness (QED) is 0.734. The fraction of sp³-hybridized carbons (Fsp3) is 0.118. The summed E-state index contributed by atoms with van der Waals surface area (Å²) in [4.78, 5) is 28.5. The first kappa shape index (κ1) is 17.6. The van der Waals surface area contributed by atoms with Crippen molar-refractivity contribution in [1.29, 1.82) is 0 Å². The van der Waals surface area contributed by atoms with E-state index in [-0.39, 0.29) is 38.9 Å². The Kier molecular flexibility index (Phi) is 4.43. The third-order valence-electron chi connectivity index (χ3n) is 3.67. The van der Waals surface area contributed by atoms with Gasteiger partial charge in [0.1, 0.15) is 0 Å². The number of hydrogen-bond acceptors (Lipinski definition) is 3. The lowest BCUT2D eigenvalue weighted by Gasteiger charge is -2.16. The van der Waals surface area contributed by atoms with Crippen molar-refractivity contribution in [3.63, 3.8) is 0 Å². The summed E-state index contributed by atoms with van der Waals surface area (Å²) in [5, 5.41) is 0.280. The molecule has 1 aromatic heterocycles. The molecule has 0 fully saturated rings. The molecular weight excluding hydrogens is 378 g/mol. The Morgan fingerprint density at radius 2 is 1.80 bits per heavy atom. The Morgan fingerprint density at radius 1 is 1.08 bits per heavy atom. The molecule has 0 N–H and O–H groups in total. The maximum absolute atomic E-state index is 12.6. The van der Waals surface area contributed by atoms with Crippen LogP contribution in [0.2, 0.25) is 10.0 Å². The first-order valence-electron chi connectivity index (χ1n) is 6.97. The zero-order valence-electron chi connectivity index (χ0n) is 12.3. The van der Waals surface area contributed by atoms with Gasteiger partial charge in [0.25, 0.3) is 0 Å². The predicted octanol–water partition coefficient (Wildman–Crippen LogP) is 4.96. The second-order valence-electron chi connectivity index (χ2n) is 5.39. The number of allylic oxidation sites excluding steroid dienone is 2. The summed E-state index contributed by atoms with van der Waals surface area (Å²) in [5.41, 5.74) is -0.396. The molecule has 3 rings (SSSR count). The zero-order chi connectivity index (χ0) is 18.4. The van der Waals surface area contributed by atoms with Gasteiger partial charge in [-0.2, -0.15) is 13.2 Å². The van der Waals surface area contributed by atoms with Gasteiger partial charge >= 0.3 is 6.18 Å². The standard InChI is InChI=1S/C17H8Cl2F3NO2/c18-10-5-12-15(13(19)6-10)14(24)4-8(16(12)25)3-11-2-1-9(7-23-11)17(20,21)22/h1-2,4-7H,3H2. The number of Topliss-reactive ketones (excluding diaryl/α,β-unsaturated/α-hetero) is 1. The van der Waals surface area contributed by atoms with Crippen LogP contribution < -0.4 is 0 Å². The van der Waals surface area contributed by atoms with E-state index in [1.807, 2.05) is 0 Å². The van der Waals surface area contributed by atoms with Crippen molar-refractivity contribution in [3.05, 3.63) is 74.5 Å². The number of fused-ring (bicyclic) bond motifs is 1. The topological polar surface area (TPSA) is 47.0 Å². The van der Waals surface area contributed by atoms with Gasteiger partial charge in [-0.05, 0) is 30.3 Å². The van der Waals surface area contributed by atoms with Crippen molar-refractivity contribution >= 4 is 34.8 Å². The highest BCUT2D eigenvalue weighted by Crippen LogP contribution is 2.32. The maximum Gasteiger partial charge on any atom is 0.417 e. The van der Waals surface area contributed by atoms with Crippen LogP contribution in [0.25, 0.3) is 0 Å². The van der Waals surface area contributed by atoms with Crippen LogP contribution in [0.4, 0.5) is 13.2 Å². The van der Waals surface area contributed by atoms with E-state index in [1.165, 1.54) is 18.2 Å². The van der Waals surface area contributed by atoms with Crippen LogP contribution >= 0.6 is 23.2 Å². The molecule has 0 unspecified atom stereocenters. The van der Waals surface area contributed by atoms with Gasteiger partial charge in [0.05, 0.1) is 16.1 Å². The summed E-state index contributed by atoms with van der Waals surface area (Å²) in [6, 6.07) is 4.75. The molecule has 8 heteroatoms. The molecule has 3 nitrogen and oxygen atoms in total. The van der Waals surface area contributed by atoms with Gasteiger partial charge in [-0.1, -0.05) is 23.2 Å². The van der Waals surface area contributed by atoms with Crippen LogP contribution in [-0.2, 0) is 12.6 Å². The average molecular weight is 386 g/mol. The lowest BCUT2D eigenvalue weighted by Crippen LogP contribution is -2.19. The second-order valence-corrected chi connectivity index (χ2v) is 6.23. The van der Waals surface area contributed by atoms with Crippen LogP contribution in [0.1, 0.15) is 32.0 Å². The van der Waals surface area contributed by atoms with E-state index in [4.69, 9.17) is 23.2 Å². The molecular formula is C17H8Cl2F3NO2. The average Bonchev–Trinajstić information content (AvgIpc) is 2.51. The van der Waals surface area contributed by atoms with Gasteiger partial charge in [0, 0.05) is 34.5 Å². The molecule has 1 aromatic carbocycles. The van der Waals surface area contributed by atoms with Crippen molar-refractivity contribution in [2.45, 2.75) is 12.6 Å². The Morgan fingerprint density at radius 3 is 2.40 bits per heavy atom. The van der Waals surface area contributed by atoms with Crippen molar-refractivity contribution in [3.8, 4) is 0 Å². The number of aromatic nitrogens is 1. The minimum atomic E-state index is -4.49. The van der Waals surface area contributed by atoms with Crippen molar-refractivity contribution in [2.24, 2.45) is 0 Å². The SMILES string of the molecule is O=C1C(Cc2ccc(C(F)(F)F)cn2)=CC(=O)c2c(Cl)cc(Cl)cc21. The Hall–Kier alpha value is -2.18. The zero-order valence-corrected chi connectivity index (χ0v) is 13.8. The highest BCUT2D eigenvalue weighted by molar-refractivity contribution is 6.40. The second kappa shape index (κ2) is 6.28. The molecule has 0 saturated heterocycles. The smallest absolute Gasteiger partial charge is 0.289 e. The van der Waals surface area contributed by atoms with Crippen LogP contribution in [-0.4, -0.2) is 16.6 Å². The molecule has 128 valence electrons. The first-order chi connectivity index (χ1) is 11.7. The lowest BCUT2D eigenvalue weighted by molar-refractivity contribution is -0.137. The number of pyridine rings is 1. The molecule has 25 heavy (non-hydrogen) atoms. The minimum Gasteiger partial charge on any atom is -0.289 e. The van der Waals surface area contributed by atoms with Crippen molar-refractivity contribution in [1.82, 2.24) is 4.98 Å². The normalized spacial score (nSPS) is 14.4. The van der Waals surface area contributed by atoms with Gasteiger partial charge in [-0.3, -0.25) is 14.6 Å². The maximum atomic E-state index is 12.6. The van der Waals surface area contributed by atoms with E-state index in [9.17, 15) is 22.8 Å². The number of benzene rings is 1. The van der Waals surface area contributed by atoms with Crippen LogP contribution in [0.5, 0.6) is 0 Å². The van der Waals surface area contributed by atoms with E-state index in [0.717, 1.165) is 12.1 Å². The van der Waals surface area contributed by atoms with Crippen LogP contribution in [0.3, 0.4) is 0 Å². The summed E-state index contributed by atoms with van der Waals surface area (Å²) < 4.78 is 37.7. The van der Waals surface area contributed by atoms with Crippen molar-refractivity contribution in [2.75, 3.05) is 0 Å². The summed E-state index contributed by atoms with van der Waals surface area (Å²) in [6.45, 7) is 0. The lowest BCUT2D eigenvalue weighted by atomic mass is 9.87. The molecule has 0 amide bonds. The van der Waals surface area contributed by atoms with Gasteiger partial charge in [0.2, 0.25) is 0 Å². The number of nitrogens with zero attached hydrogens (tertiary/aromatic N) is 1. The molecule has 0 bridgehead atoms. The number of halogens is 5. The molecule has 2 aromatic rings. The van der Waals surface area contributed by atoms with E-state index < -0.39 is 23.3 Å². The fourth-order valence-electron chi connectivity index (χ4n) is 2.50. The van der Waals surface area contributed by atoms with E-state index in [1.54, 1.807) is 0 Å². The van der Waals surface area contributed by atoms with E-state index >= 15 is 0 Å². The number of carbonyl (C=O) groups excluding carboxylic acids is 2. The third kappa shape index (κ3) is 3.45. The van der Waals surface area contributed by atoms with Gasteiger partial charge in [0.15, 0.2) is 11.6 Å². The number of hydrogen-bond donors (Lipinski definition) is 0. The Balaban J connectivity index is 1.92. The number of ketones is 2. The summed E-state index contributed by atoms with van der Waals surface area (Å²) >= 11 is 11.8. The third-order valence-corrected chi connectivity index (χ3v) is 4.18. The molecule has 1 aliphatic carbocycles. The summed E-state index contributed by atoms with van der Waals surface area (Å²) in [5.74, 6) is -0.918. The molecule has 0 atom stereocenters. The van der Waals surface area contributed by atoms with Gasteiger partial charge in [-0.25, -0.2) is 0 Å². The minimum absolute atomic E-state index is 0.0696. The van der Waals surface area contributed by atoms with Crippen molar-refractivity contribution < 1.29 is 22.8 Å². The molecule has 0 saturated carbocycles. The van der Waals surface area contributed by atoms with Gasteiger partial charge < -0.3 is 0 Å². The largest absolute Gasteiger partial charge is 0.417 e. The van der Waals surface area contributed by atoms with Gasteiger partial charge in [-0.15, -0.1) is 0 Å². The highest BCUT2D eigenvalue weighted by atomic mass is 35.5. The first-order valence-corrected chi connectivity index (χ1v) is 7.73. The number of alkyl halides is 3. The predicted molar refractivity (Wildman–Crippen MR) is 86.1 cm³/mol. The van der Waals surface area contributed by atoms with E-state index in [2.05, 4.69) is 4.98 Å². The van der Waals surface area contributed by atoms with Crippen LogP contribution in [0, 0.1) is 0 Å². The molecule has 0 aliphatic heterocycles. The molecule has 0 radical (unpaired) electrons. The molecule has 1 heterocycles. The molecule has 0 spiro atoms. The summed E-state index contributed by atoms with van der Waals surface area (Å²) in [7, 11) is 0. The van der Waals surface area contributed by atoms with Crippen LogP contribution in [0.15, 0.2) is 42.1 Å². The number of carbonyl (C=O) groups is 2. The highest BCUT2D eigenvalue weighted by Gasteiger charge is 2.31. The molecule has 1 aliphatic rings. The fourth-order valence-corrected chi connectivity index (χ4v) is 3.08. The monoisotopic (exact) mass is 385 g/mol.